The molecular formula is C13H23NO2S. The SMILES string of the molecule is CCNC(C1=CCCCC1)C1CCS(=O)(=O)C1. The summed E-state index contributed by atoms with van der Waals surface area (Å²) in [7, 11) is -2.76. The number of hydrogen-bond donors (Lipinski definition) is 1. The van der Waals surface area contributed by atoms with Gasteiger partial charge in [-0.2, -0.15) is 0 Å². The first-order valence-corrected chi connectivity index (χ1v) is 8.57. The Balaban J connectivity index is 2.09. The van der Waals surface area contributed by atoms with Crippen molar-refractivity contribution in [3.8, 4) is 0 Å². The second kappa shape index (κ2) is 5.53. The number of allylic oxidation sites excluding steroid dienone is 1. The average Bonchev–Trinajstić information content (AvgIpc) is 2.67. The monoisotopic (exact) mass is 257 g/mol. The van der Waals surface area contributed by atoms with Crippen molar-refractivity contribution in [2.24, 2.45) is 5.92 Å². The summed E-state index contributed by atoms with van der Waals surface area (Å²) in [6, 6.07) is 0.303. The van der Waals surface area contributed by atoms with Gasteiger partial charge in [-0.25, -0.2) is 8.42 Å². The van der Waals surface area contributed by atoms with Crippen LogP contribution in [0.25, 0.3) is 0 Å². The Kier molecular flexibility index (Phi) is 4.26. The lowest BCUT2D eigenvalue weighted by Gasteiger charge is -2.28. The zero-order chi connectivity index (χ0) is 12.3. The fourth-order valence-electron chi connectivity index (χ4n) is 3.05. The molecule has 0 aromatic heterocycles. The molecule has 1 N–H and O–H groups in total. The highest BCUT2D eigenvalue weighted by molar-refractivity contribution is 7.91. The van der Waals surface area contributed by atoms with Gasteiger partial charge in [-0.1, -0.05) is 18.6 Å². The summed E-state index contributed by atoms with van der Waals surface area (Å²) in [5, 5.41) is 3.50. The molecule has 1 fully saturated rings. The van der Waals surface area contributed by atoms with E-state index in [1.807, 2.05) is 0 Å². The number of rotatable bonds is 4. The number of hydrogen-bond acceptors (Lipinski definition) is 3. The van der Waals surface area contributed by atoms with E-state index in [0.717, 1.165) is 25.8 Å². The van der Waals surface area contributed by atoms with Crippen LogP contribution in [0.2, 0.25) is 0 Å². The lowest BCUT2D eigenvalue weighted by molar-refractivity contribution is 0.415. The molecule has 98 valence electrons. The van der Waals surface area contributed by atoms with Crippen molar-refractivity contribution in [3.05, 3.63) is 11.6 Å². The minimum atomic E-state index is -2.76. The Bertz CT molecular complexity index is 386. The third-order valence-corrected chi connectivity index (χ3v) is 5.68. The molecule has 0 aromatic carbocycles. The zero-order valence-corrected chi connectivity index (χ0v) is 11.4. The summed E-state index contributed by atoms with van der Waals surface area (Å²) in [4.78, 5) is 0. The Morgan fingerprint density at radius 3 is 2.82 bits per heavy atom. The molecule has 0 amide bonds. The van der Waals surface area contributed by atoms with Crippen molar-refractivity contribution >= 4 is 9.84 Å². The van der Waals surface area contributed by atoms with E-state index in [0.29, 0.717) is 23.5 Å². The van der Waals surface area contributed by atoms with Crippen LogP contribution in [-0.4, -0.2) is 32.5 Å². The van der Waals surface area contributed by atoms with Crippen LogP contribution < -0.4 is 5.32 Å². The minimum Gasteiger partial charge on any atom is -0.310 e. The summed E-state index contributed by atoms with van der Waals surface area (Å²) in [6.07, 6.45) is 8.02. The summed E-state index contributed by atoms with van der Waals surface area (Å²) in [5.41, 5.74) is 1.46. The highest BCUT2D eigenvalue weighted by atomic mass is 32.2. The smallest absolute Gasteiger partial charge is 0.150 e. The molecule has 17 heavy (non-hydrogen) atoms. The highest BCUT2D eigenvalue weighted by Gasteiger charge is 2.34. The predicted molar refractivity (Wildman–Crippen MR) is 70.8 cm³/mol. The van der Waals surface area contributed by atoms with Crippen LogP contribution in [0.5, 0.6) is 0 Å². The molecule has 1 aliphatic heterocycles. The van der Waals surface area contributed by atoms with Crippen molar-refractivity contribution in [1.82, 2.24) is 5.32 Å². The molecule has 2 unspecified atom stereocenters. The molecule has 2 rings (SSSR count). The van der Waals surface area contributed by atoms with E-state index in [1.54, 1.807) is 0 Å². The molecule has 2 atom stereocenters. The van der Waals surface area contributed by atoms with Crippen molar-refractivity contribution < 1.29 is 8.42 Å². The van der Waals surface area contributed by atoms with Gasteiger partial charge in [0.05, 0.1) is 11.5 Å². The van der Waals surface area contributed by atoms with Crippen LogP contribution in [0.1, 0.15) is 39.0 Å². The molecule has 0 saturated carbocycles. The molecule has 0 aromatic rings. The maximum absolute atomic E-state index is 11.6. The van der Waals surface area contributed by atoms with Crippen molar-refractivity contribution in [1.29, 1.82) is 0 Å². The summed E-state index contributed by atoms with van der Waals surface area (Å²) < 4.78 is 23.2. The predicted octanol–water partition coefficient (Wildman–Crippen LogP) is 1.90. The fourth-order valence-corrected chi connectivity index (χ4v) is 4.89. The molecule has 1 saturated heterocycles. The lowest BCUT2D eigenvalue weighted by atomic mass is 9.86. The minimum absolute atomic E-state index is 0.296. The molecular weight excluding hydrogens is 234 g/mol. The summed E-state index contributed by atoms with van der Waals surface area (Å²) in [5.74, 6) is 1.05. The third-order valence-electron chi connectivity index (χ3n) is 3.89. The Morgan fingerprint density at radius 2 is 2.29 bits per heavy atom. The van der Waals surface area contributed by atoms with Crippen molar-refractivity contribution in [2.75, 3.05) is 18.1 Å². The van der Waals surface area contributed by atoms with Crippen LogP contribution in [0.15, 0.2) is 11.6 Å². The third kappa shape index (κ3) is 3.32. The highest BCUT2D eigenvalue weighted by Crippen LogP contribution is 2.30. The maximum Gasteiger partial charge on any atom is 0.150 e. The molecule has 1 heterocycles. The van der Waals surface area contributed by atoms with Gasteiger partial charge in [0.25, 0.3) is 0 Å². The topological polar surface area (TPSA) is 46.2 Å². The van der Waals surface area contributed by atoms with Gasteiger partial charge in [-0.15, -0.1) is 0 Å². The maximum atomic E-state index is 11.6. The molecule has 0 spiro atoms. The van der Waals surface area contributed by atoms with Gasteiger partial charge in [-0.05, 0) is 44.6 Å². The van der Waals surface area contributed by atoms with E-state index in [1.165, 1.54) is 18.4 Å². The van der Waals surface area contributed by atoms with Gasteiger partial charge >= 0.3 is 0 Å². The van der Waals surface area contributed by atoms with Crippen LogP contribution >= 0.6 is 0 Å². The zero-order valence-electron chi connectivity index (χ0n) is 10.6. The Hall–Kier alpha value is -0.350. The van der Waals surface area contributed by atoms with E-state index >= 15 is 0 Å². The quantitative estimate of drug-likeness (QED) is 0.782. The van der Waals surface area contributed by atoms with Crippen LogP contribution in [0, 0.1) is 5.92 Å². The molecule has 3 nitrogen and oxygen atoms in total. The second-order valence-electron chi connectivity index (χ2n) is 5.22. The van der Waals surface area contributed by atoms with Gasteiger partial charge in [0.2, 0.25) is 0 Å². The molecule has 4 heteroatoms. The van der Waals surface area contributed by atoms with Gasteiger partial charge in [0.15, 0.2) is 9.84 Å². The second-order valence-corrected chi connectivity index (χ2v) is 7.45. The Labute approximate surface area is 105 Å². The van der Waals surface area contributed by atoms with Gasteiger partial charge in [0, 0.05) is 6.04 Å². The van der Waals surface area contributed by atoms with E-state index in [-0.39, 0.29) is 0 Å². The summed E-state index contributed by atoms with van der Waals surface area (Å²) >= 11 is 0. The van der Waals surface area contributed by atoms with Gasteiger partial charge < -0.3 is 5.32 Å². The normalized spacial score (nSPS) is 29.9. The van der Waals surface area contributed by atoms with E-state index < -0.39 is 9.84 Å². The lowest BCUT2D eigenvalue weighted by Crippen LogP contribution is -2.39. The molecule has 1 aliphatic carbocycles. The number of nitrogens with one attached hydrogen (secondary N) is 1. The fraction of sp³-hybridized carbons (Fsp3) is 0.846. The van der Waals surface area contributed by atoms with Gasteiger partial charge in [0.1, 0.15) is 0 Å². The first kappa shape index (κ1) is 13.1. The van der Waals surface area contributed by atoms with Crippen LogP contribution in [0.3, 0.4) is 0 Å². The first-order valence-electron chi connectivity index (χ1n) is 6.75. The Morgan fingerprint density at radius 1 is 1.47 bits per heavy atom. The van der Waals surface area contributed by atoms with Crippen LogP contribution in [0.4, 0.5) is 0 Å². The summed E-state index contributed by atoms with van der Waals surface area (Å²) in [6.45, 7) is 3.01. The number of sulfone groups is 1. The first-order chi connectivity index (χ1) is 8.12. The largest absolute Gasteiger partial charge is 0.310 e. The molecule has 2 aliphatic rings. The number of likely N-dealkylation sites (N-methyl/N-ethyl adjacent to an activating group) is 1. The van der Waals surface area contributed by atoms with Crippen LogP contribution in [-0.2, 0) is 9.84 Å². The van der Waals surface area contributed by atoms with Gasteiger partial charge in [-0.3, -0.25) is 0 Å². The average molecular weight is 257 g/mol. The standard InChI is InChI=1S/C13H23NO2S/c1-2-14-13(11-6-4-3-5-7-11)12-8-9-17(15,16)10-12/h6,12-14H,2-5,7-10H2,1H3. The van der Waals surface area contributed by atoms with E-state index in [2.05, 4.69) is 18.3 Å². The van der Waals surface area contributed by atoms with E-state index in [9.17, 15) is 8.42 Å². The molecule has 0 radical (unpaired) electrons. The van der Waals surface area contributed by atoms with Crippen molar-refractivity contribution in [2.45, 2.75) is 45.1 Å². The molecule has 0 bridgehead atoms. The van der Waals surface area contributed by atoms with E-state index in [4.69, 9.17) is 0 Å². The van der Waals surface area contributed by atoms with Crippen molar-refractivity contribution in [3.63, 3.8) is 0 Å².